The van der Waals surface area contributed by atoms with E-state index in [4.69, 9.17) is 10.00 Å². The molecule has 12 heteroatoms. The molecule has 1 aromatic carbocycles. The molecule has 2 amide bonds. The van der Waals surface area contributed by atoms with Gasteiger partial charge in [-0.15, -0.1) is 0 Å². The third-order valence-electron chi connectivity index (χ3n) is 5.32. The molecule has 0 spiro atoms. The van der Waals surface area contributed by atoms with E-state index in [1.54, 1.807) is 42.9 Å². The van der Waals surface area contributed by atoms with Gasteiger partial charge in [-0.3, -0.25) is 19.9 Å². The van der Waals surface area contributed by atoms with Crippen LogP contribution in [0.25, 0.3) is 11.0 Å². The number of carbonyl (C=O) groups is 2. The molecule has 10 nitrogen and oxygen atoms in total. The van der Waals surface area contributed by atoms with Crippen molar-refractivity contribution in [2.45, 2.75) is 25.0 Å². The third kappa shape index (κ3) is 5.33. The van der Waals surface area contributed by atoms with Crippen LogP contribution >= 0.6 is 0 Å². The van der Waals surface area contributed by atoms with E-state index in [1.807, 2.05) is 0 Å². The van der Waals surface area contributed by atoms with E-state index in [0.717, 1.165) is 10.4 Å². The van der Waals surface area contributed by atoms with Crippen LogP contribution in [0, 0.1) is 11.3 Å². The van der Waals surface area contributed by atoms with Crippen LogP contribution in [0.3, 0.4) is 0 Å². The molecule has 1 saturated heterocycles. The van der Waals surface area contributed by atoms with Gasteiger partial charge in [0.2, 0.25) is 5.91 Å². The van der Waals surface area contributed by atoms with Crippen molar-refractivity contribution in [2.24, 2.45) is 0 Å². The van der Waals surface area contributed by atoms with Crippen molar-refractivity contribution < 1.29 is 23.1 Å². The number of carbonyl (C=O) groups excluding carboxylic acids is 2. The maximum Gasteiger partial charge on any atom is 0.268 e. The number of hydrogen-bond acceptors (Lipinski definition) is 7. The Morgan fingerprint density at radius 3 is 3.03 bits per heavy atom. The molecule has 176 valence electrons. The Morgan fingerprint density at radius 2 is 2.21 bits per heavy atom. The van der Waals surface area contributed by atoms with Crippen molar-refractivity contribution in [3.05, 3.63) is 54.1 Å². The Balaban J connectivity index is 1.27. The lowest BCUT2D eigenvalue weighted by Crippen LogP contribution is -2.41. The molecule has 0 unspecified atom stereocenters. The number of fused-ring (bicyclic) bond motifs is 1. The molecule has 0 bridgehead atoms. The molecule has 3 aromatic rings. The van der Waals surface area contributed by atoms with Crippen molar-refractivity contribution >= 4 is 28.5 Å². The fraction of sp³-hybridized carbons (Fsp3) is 0.318. The quantitative estimate of drug-likeness (QED) is 0.339. The highest BCUT2D eigenvalue weighted by atomic mass is 19.3. The van der Waals surface area contributed by atoms with E-state index in [0.29, 0.717) is 22.3 Å². The van der Waals surface area contributed by atoms with Gasteiger partial charge in [-0.25, -0.2) is 13.8 Å². The summed E-state index contributed by atoms with van der Waals surface area (Å²) in [7, 11) is 0. The first-order chi connectivity index (χ1) is 16.4. The van der Waals surface area contributed by atoms with Crippen molar-refractivity contribution in [1.29, 1.82) is 5.26 Å². The number of benzene rings is 1. The largest absolute Gasteiger partial charge is 0.362 e. The average Bonchev–Trinajstić information content (AvgIpc) is 3.42. The number of rotatable bonds is 8. The summed E-state index contributed by atoms with van der Waals surface area (Å²) in [5.74, 6) is -3.99. The highest BCUT2D eigenvalue weighted by Gasteiger charge is 2.46. The summed E-state index contributed by atoms with van der Waals surface area (Å²) in [5, 5.41) is 14.5. The molecule has 4 rings (SSSR count). The van der Waals surface area contributed by atoms with Gasteiger partial charge in [-0.2, -0.15) is 5.26 Å². The highest BCUT2D eigenvalue weighted by Crippen LogP contribution is 2.31. The van der Waals surface area contributed by atoms with Gasteiger partial charge in [0.15, 0.2) is 0 Å². The van der Waals surface area contributed by atoms with Crippen LogP contribution in [0.5, 0.6) is 0 Å². The molecule has 34 heavy (non-hydrogen) atoms. The number of anilines is 1. The zero-order valence-electron chi connectivity index (χ0n) is 17.9. The number of nitrogens with zero attached hydrogens (tertiary/aromatic N) is 4. The Hall–Kier alpha value is -3.95. The van der Waals surface area contributed by atoms with Gasteiger partial charge in [-0.1, -0.05) is 0 Å². The minimum absolute atomic E-state index is 0.0429. The molecule has 1 aliphatic rings. The number of ether oxygens (including phenoxy) is 1. The zero-order valence-corrected chi connectivity index (χ0v) is 17.9. The zero-order chi connectivity index (χ0) is 24.1. The Kier molecular flexibility index (Phi) is 6.76. The van der Waals surface area contributed by atoms with Crippen molar-refractivity contribution in [1.82, 2.24) is 25.2 Å². The number of hydrogen-bond donors (Lipinski definition) is 3. The van der Waals surface area contributed by atoms with E-state index in [1.165, 1.54) is 6.20 Å². The summed E-state index contributed by atoms with van der Waals surface area (Å²) in [4.78, 5) is 36.8. The Morgan fingerprint density at radius 1 is 1.35 bits per heavy atom. The van der Waals surface area contributed by atoms with Crippen LogP contribution in [0.4, 0.5) is 14.5 Å². The SMILES string of the molecule is N#C[C@@H]1CC(F)(F)CN1C(=O)CNCOCc1ccncc1NC(=O)c1ccc2[nH]cnc2c1. The normalized spacial score (nSPS) is 17.0. The minimum atomic E-state index is -3.06. The molecule has 1 aliphatic heterocycles. The number of nitrogens with one attached hydrogen (secondary N) is 3. The monoisotopic (exact) mass is 469 g/mol. The predicted molar refractivity (Wildman–Crippen MR) is 117 cm³/mol. The fourth-order valence-electron chi connectivity index (χ4n) is 3.62. The summed E-state index contributed by atoms with van der Waals surface area (Å²) in [6, 6.07) is 7.39. The maximum absolute atomic E-state index is 13.5. The number of nitriles is 1. The summed E-state index contributed by atoms with van der Waals surface area (Å²) < 4.78 is 32.5. The number of likely N-dealkylation sites (tertiary alicyclic amines) is 1. The van der Waals surface area contributed by atoms with E-state index >= 15 is 0 Å². The van der Waals surface area contributed by atoms with Gasteiger partial charge < -0.3 is 19.9 Å². The first-order valence-corrected chi connectivity index (χ1v) is 10.4. The van der Waals surface area contributed by atoms with E-state index in [9.17, 15) is 18.4 Å². The molecular formula is C22H21F2N7O3. The first-order valence-electron chi connectivity index (χ1n) is 10.4. The van der Waals surface area contributed by atoms with Crippen LogP contribution < -0.4 is 10.6 Å². The number of aromatic amines is 1. The molecule has 1 fully saturated rings. The Bertz CT molecular complexity index is 1240. The second-order valence-corrected chi connectivity index (χ2v) is 7.77. The van der Waals surface area contributed by atoms with Crippen molar-refractivity contribution in [2.75, 3.05) is 25.1 Å². The van der Waals surface area contributed by atoms with Gasteiger partial charge in [0.25, 0.3) is 11.8 Å². The standard InChI is InChI=1S/C22H21F2N7O3/c23-22(24)6-16(7-25)31(11-22)20(32)9-27-13-34-10-15-3-4-26-8-19(15)30-21(33)14-1-2-17-18(5-14)29-12-28-17/h1-5,8,12,16,27H,6,9-11,13H2,(H,28,29)(H,30,33)/t16-/m0/s1. The van der Waals surface area contributed by atoms with E-state index in [-0.39, 0.29) is 25.8 Å². The summed E-state index contributed by atoms with van der Waals surface area (Å²) in [6.45, 7) is -0.956. The fourth-order valence-corrected chi connectivity index (χ4v) is 3.62. The predicted octanol–water partition coefficient (Wildman–Crippen LogP) is 2.03. The molecule has 0 aliphatic carbocycles. The summed E-state index contributed by atoms with van der Waals surface area (Å²) >= 11 is 0. The average molecular weight is 469 g/mol. The van der Waals surface area contributed by atoms with Crippen LogP contribution in [0.1, 0.15) is 22.3 Å². The molecule has 1 atom stereocenters. The van der Waals surface area contributed by atoms with Crippen LogP contribution in [-0.2, 0) is 16.1 Å². The number of imidazole rings is 1. The van der Waals surface area contributed by atoms with Gasteiger partial charge in [0, 0.05) is 23.7 Å². The molecular weight excluding hydrogens is 448 g/mol. The number of pyridine rings is 1. The summed E-state index contributed by atoms with van der Waals surface area (Å²) in [5.41, 5.74) is 3.03. The first kappa shape index (κ1) is 23.2. The summed E-state index contributed by atoms with van der Waals surface area (Å²) in [6.07, 6.45) is 3.94. The van der Waals surface area contributed by atoms with E-state index in [2.05, 4.69) is 25.6 Å². The van der Waals surface area contributed by atoms with Gasteiger partial charge >= 0.3 is 0 Å². The number of alkyl halides is 2. The lowest BCUT2D eigenvalue weighted by Gasteiger charge is -2.19. The topological polar surface area (TPSA) is 136 Å². The van der Waals surface area contributed by atoms with Gasteiger partial charge in [-0.05, 0) is 24.3 Å². The second kappa shape index (κ2) is 9.90. The number of halogens is 2. The van der Waals surface area contributed by atoms with Crippen LogP contribution in [0.2, 0.25) is 0 Å². The van der Waals surface area contributed by atoms with Crippen LogP contribution in [0.15, 0.2) is 43.0 Å². The smallest absolute Gasteiger partial charge is 0.268 e. The Labute approximate surface area is 192 Å². The van der Waals surface area contributed by atoms with Crippen LogP contribution in [-0.4, -0.2) is 63.5 Å². The van der Waals surface area contributed by atoms with Crippen molar-refractivity contribution in [3.8, 4) is 6.07 Å². The van der Waals surface area contributed by atoms with Crippen molar-refractivity contribution in [3.63, 3.8) is 0 Å². The second-order valence-electron chi connectivity index (χ2n) is 7.77. The molecule has 3 heterocycles. The van der Waals surface area contributed by atoms with Gasteiger partial charge in [0.05, 0.1) is 61.7 Å². The van der Waals surface area contributed by atoms with Gasteiger partial charge in [0.1, 0.15) is 6.04 Å². The number of aromatic nitrogens is 3. The molecule has 0 saturated carbocycles. The number of amides is 2. The minimum Gasteiger partial charge on any atom is -0.362 e. The molecule has 0 radical (unpaired) electrons. The third-order valence-corrected chi connectivity index (χ3v) is 5.32. The van der Waals surface area contributed by atoms with E-state index < -0.39 is 30.8 Å². The highest BCUT2D eigenvalue weighted by molar-refractivity contribution is 6.06. The molecule has 3 N–H and O–H groups in total. The number of H-pyrrole nitrogens is 1. The lowest BCUT2D eigenvalue weighted by molar-refractivity contribution is -0.131. The maximum atomic E-state index is 13.5. The lowest BCUT2D eigenvalue weighted by atomic mass is 10.1. The molecule has 2 aromatic heterocycles.